The van der Waals surface area contributed by atoms with Crippen LogP contribution in [0, 0.1) is 0 Å². The van der Waals surface area contributed by atoms with E-state index >= 15 is 0 Å². The van der Waals surface area contributed by atoms with Crippen molar-refractivity contribution in [3.05, 3.63) is 176 Å². The molecule has 9 aromatic carbocycles. The zero-order valence-electron chi connectivity index (χ0n) is 28.1. The van der Waals surface area contributed by atoms with Gasteiger partial charge in [-0.1, -0.05) is 140 Å². The molecule has 0 aliphatic heterocycles. The lowest BCUT2D eigenvalue weighted by molar-refractivity contribution is 0.669. The van der Waals surface area contributed by atoms with E-state index in [1.807, 2.05) is 6.07 Å². The van der Waals surface area contributed by atoms with Gasteiger partial charge < -0.3 is 8.98 Å². The van der Waals surface area contributed by atoms with Gasteiger partial charge in [0.2, 0.25) is 0 Å². The van der Waals surface area contributed by atoms with Gasteiger partial charge in [0.15, 0.2) is 0 Å². The van der Waals surface area contributed by atoms with Gasteiger partial charge >= 0.3 is 0 Å². The first-order chi connectivity index (χ1) is 25.8. The lowest BCUT2D eigenvalue weighted by Crippen LogP contribution is -1.94. The second-order valence-electron chi connectivity index (χ2n) is 14.0. The van der Waals surface area contributed by atoms with Crippen LogP contribution in [-0.4, -0.2) is 4.57 Å². The van der Waals surface area contributed by atoms with Crippen LogP contribution in [0.25, 0.3) is 115 Å². The fourth-order valence-electron chi connectivity index (χ4n) is 9.25. The minimum Gasteiger partial charge on any atom is -0.456 e. The van der Waals surface area contributed by atoms with Crippen molar-refractivity contribution in [3.8, 4) is 50.2 Å². The molecule has 0 atom stereocenters. The molecule has 0 saturated carbocycles. The van der Waals surface area contributed by atoms with Crippen LogP contribution in [-0.2, 0) is 0 Å². The molecule has 0 amide bonds. The molecule has 52 heavy (non-hydrogen) atoms. The number of benzene rings is 9. The maximum Gasteiger partial charge on any atom is 0.135 e. The van der Waals surface area contributed by atoms with Crippen LogP contribution in [0.15, 0.2) is 180 Å². The normalized spacial score (nSPS) is 12.2. The topological polar surface area (TPSA) is 18.1 Å². The van der Waals surface area contributed by atoms with Crippen molar-refractivity contribution >= 4 is 65.3 Å². The predicted molar refractivity (Wildman–Crippen MR) is 218 cm³/mol. The third-order valence-electron chi connectivity index (χ3n) is 11.3. The number of rotatable bonds is 3. The molecule has 0 N–H and O–H groups in total. The number of aromatic nitrogens is 1. The lowest BCUT2D eigenvalue weighted by Gasteiger charge is -2.20. The summed E-state index contributed by atoms with van der Waals surface area (Å²) < 4.78 is 8.74. The van der Waals surface area contributed by atoms with Gasteiger partial charge in [0.25, 0.3) is 0 Å². The molecule has 0 spiro atoms. The standard InChI is InChI=1S/C50H29NO/c1-3-14-30(15-4-1)45-35-20-7-8-21-36(35)46(31-16-5-2-6-17-31)49-41-29-40-33-18-9-11-24-42(33)51(50(40)38-23-13-22-37(47(38)41)48(45)49)32-26-27-44-39(28-32)34-19-10-12-25-43(34)52-44/h1-29H. The van der Waals surface area contributed by atoms with Crippen LogP contribution in [0.5, 0.6) is 0 Å². The van der Waals surface area contributed by atoms with Gasteiger partial charge in [-0.05, 0) is 97.1 Å². The third kappa shape index (κ3) is 3.63. The Kier molecular flexibility index (Phi) is 5.53. The van der Waals surface area contributed by atoms with E-state index in [9.17, 15) is 0 Å². The highest BCUT2D eigenvalue weighted by molar-refractivity contribution is 6.33. The van der Waals surface area contributed by atoms with E-state index in [1.165, 1.54) is 87.9 Å². The Bertz CT molecular complexity index is 3270. The van der Waals surface area contributed by atoms with E-state index in [0.717, 1.165) is 27.6 Å². The fraction of sp³-hybridized carbons (Fsp3) is 0. The van der Waals surface area contributed by atoms with Crippen LogP contribution in [0.2, 0.25) is 0 Å². The van der Waals surface area contributed by atoms with Crippen LogP contribution in [0.4, 0.5) is 0 Å². The van der Waals surface area contributed by atoms with Crippen molar-refractivity contribution in [1.29, 1.82) is 0 Å². The van der Waals surface area contributed by atoms with Crippen molar-refractivity contribution in [2.24, 2.45) is 0 Å². The summed E-state index contributed by atoms with van der Waals surface area (Å²) in [5, 5.41) is 9.89. The maximum atomic E-state index is 6.26. The molecule has 11 aromatic rings. The summed E-state index contributed by atoms with van der Waals surface area (Å²) in [6.45, 7) is 0. The number of para-hydroxylation sites is 2. The monoisotopic (exact) mass is 659 g/mol. The molecule has 2 aromatic heterocycles. The van der Waals surface area contributed by atoms with Crippen molar-refractivity contribution in [1.82, 2.24) is 4.57 Å². The summed E-state index contributed by atoms with van der Waals surface area (Å²) in [7, 11) is 0. The lowest BCUT2D eigenvalue weighted by atomic mass is 9.82. The van der Waals surface area contributed by atoms with E-state index in [0.29, 0.717) is 0 Å². The van der Waals surface area contributed by atoms with Gasteiger partial charge in [-0.25, -0.2) is 0 Å². The molecule has 0 saturated heterocycles. The Morgan fingerprint density at radius 1 is 0.346 bits per heavy atom. The predicted octanol–water partition coefficient (Wildman–Crippen LogP) is 14.0. The third-order valence-corrected chi connectivity index (χ3v) is 11.3. The fourth-order valence-corrected chi connectivity index (χ4v) is 9.25. The molecular weight excluding hydrogens is 631 g/mol. The zero-order valence-corrected chi connectivity index (χ0v) is 28.1. The summed E-state index contributed by atoms with van der Waals surface area (Å²) >= 11 is 0. The first-order valence-electron chi connectivity index (χ1n) is 17.9. The first kappa shape index (κ1) is 27.9. The second kappa shape index (κ2) is 10.3. The molecule has 2 nitrogen and oxygen atoms in total. The van der Waals surface area contributed by atoms with Gasteiger partial charge in [0.05, 0.1) is 11.0 Å². The van der Waals surface area contributed by atoms with Crippen LogP contribution >= 0.6 is 0 Å². The van der Waals surface area contributed by atoms with Gasteiger partial charge in [-0.15, -0.1) is 0 Å². The summed E-state index contributed by atoms with van der Waals surface area (Å²) in [5.41, 5.74) is 15.7. The molecular formula is C50H29NO. The van der Waals surface area contributed by atoms with Gasteiger partial charge in [0, 0.05) is 32.6 Å². The van der Waals surface area contributed by atoms with Gasteiger partial charge in [0.1, 0.15) is 11.2 Å². The van der Waals surface area contributed by atoms with Crippen molar-refractivity contribution in [2.75, 3.05) is 0 Å². The Hall–Kier alpha value is -6.90. The van der Waals surface area contributed by atoms with E-state index in [-0.39, 0.29) is 0 Å². The molecule has 240 valence electrons. The first-order valence-corrected chi connectivity index (χ1v) is 17.9. The number of nitrogens with zero attached hydrogens (tertiary/aromatic N) is 1. The molecule has 0 radical (unpaired) electrons. The molecule has 0 unspecified atom stereocenters. The molecule has 0 bridgehead atoms. The van der Waals surface area contributed by atoms with Crippen molar-refractivity contribution < 1.29 is 4.42 Å². The average Bonchev–Trinajstić information content (AvgIpc) is 3.86. The highest BCUT2D eigenvalue weighted by Crippen LogP contribution is 2.59. The zero-order chi connectivity index (χ0) is 33.9. The van der Waals surface area contributed by atoms with E-state index in [4.69, 9.17) is 4.42 Å². The van der Waals surface area contributed by atoms with Gasteiger partial charge in [-0.3, -0.25) is 0 Å². The second-order valence-corrected chi connectivity index (χ2v) is 14.0. The van der Waals surface area contributed by atoms with Crippen molar-refractivity contribution in [3.63, 3.8) is 0 Å². The summed E-state index contributed by atoms with van der Waals surface area (Å²) in [6.07, 6.45) is 0. The molecule has 12 rings (SSSR count). The molecule has 2 heterocycles. The van der Waals surface area contributed by atoms with Gasteiger partial charge in [-0.2, -0.15) is 0 Å². The van der Waals surface area contributed by atoms with Crippen LogP contribution < -0.4 is 0 Å². The van der Waals surface area contributed by atoms with E-state index in [1.54, 1.807) is 0 Å². The SMILES string of the molecule is c1ccc(-c2c3c(c(-c4ccccc4)c4ccccc24)-c2cc4c5ccccc5n(-c5ccc6oc7ccccc7c6c5)c4c4cccc-3c24)cc1. The van der Waals surface area contributed by atoms with E-state index < -0.39 is 0 Å². The van der Waals surface area contributed by atoms with Crippen LogP contribution in [0.3, 0.4) is 0 Å². The molecule has 2 heteroatoms. The Morgan fingerprint density at radius 2 is 0.923 bits per heavy atom. The summed E-state index contributed by atoms with van der Waals surface area (Å²) in [6, 6.07) is 64.2. The Labute approximate surface area is 299 Å². The molecule has 1 aliphatic rings. The summed E-state index contributed by atoms with van der Waals surface area (Å²) in [5.74, 6) is 0. The van der Waals surface area contributed by atoms with Crippen molar-refractivity contribution in [2.45, 2.75) is 0 Å². The Morgan fingerprint density at radius 3 is 1.65 bits per heavy atom. The quantitative estimate of drug-likeness (QED) is 0.185. The highest BCUT2D eigenvalue weighted by atomic mass is 16.3. The van der Waals surface area contributed by atoms with Crippen LogP contribution in [0.1, 0.15) is 0 Å². The molecule has 0 fully saturated rings. The maximum absolute atomic E-state index is 6.26. The Balaban J connectivity index is 1.27. The number of fused-ring (bicyclic) bond motifs is 11. The number of hydrogen-bond donors (Lipinski definition) is 0. The highest BCUT2D eigenvalue weighted by Gasteiger charge is 2.32. The minimum absolute atomic E-state index is 0.905. The molecule has 1 aliphatic carbocycles. The number of furan rings is 1. The number of hydrogen-bond acceptors (Lipinski definition) is 1. The minimum atomic E-state index is 0.905. The smallest absolute Gasteiger partial charge is 0.135 e. The summed E-state index contributed by atoms with van der Waals surface area (Å²) in [4.78, 5) is 0. The van der Waals surface area contributed by atoms with E-state index in [2.05, 4.69) is 174 Å². The average molecular weight is 660 g/mol. The largest absolute Gasteiger partial charge is 0.456 e.